The monoisotopic (exact) mass is 214 g/mol. The maximum atomic E-state index is 11.8. The minimum Gasteiger partial charge on any atom is -0.383 e. The molecule has 1 rings (SSSR count). The van der Waals surface area contributed by atoms with Crippen molar-refractivity contribution in [1.82, 2.24) is 10.2 Å². The molecule has 0 spiro atoms. The lowest BCUT2D eigenvalue weighted by atomic mass is 9.96. The number of carbonyl (C=O) groups is 2. The van der Waals surface area contributed by atoms with E-state index in [0.717, 1.165) is 0 Å². The standard InChI is InChI=1S/C10H18N2O3/c1-7-8(13)12(5-6-15-4)10(2,3)9(14)11-7/h7H,5-6H2,1-4H3,(H,11,14). The van der Waals surface area contributed by atoms with Gasteiger partial charge in [-0.2, -0.15) is 0 Å². The van der Waals surface area contributed by atoms with Gasteiger partial charge in [0, 0.05) is 13.7 Å². The second kappa shape index (κ2) is 4.18. The van der Waals surface area contributed by atoms with Gasteiger partial charge in [0.05, 0.1) is 6.61 Å². The molecule has 0 aromatic heterocycles. The van der Waals surface area contributed by atoms with Gasteiger partial charge in [-0.3, -0.25) is 9.59 Å². The van der Waals surface area contributed by atoms with E-state index in [1.165, 1.54) is 0 Å². The number of amides is 2. The van der Waals surface area contributed by atoms with E-state index in [9.17, 15) is 9.59 Å². The lowest BCUT2D eigenvalue weighted by Gasteiger charge is -2.43. The average molecular weight is 214 g/mol. The average Bonchev–Trinajstić information content (AvgIpc) is 2.15. The number of hydrogen-bond acceptors (Lipinski definition) is 3. The van der Waals surface area contributed by atoms with Gasteiger partial charge in [0.1, 0.15) is 11.6 Å². The molecule has 15 heavy (non-hydrogen) atoms. The first-order valence-electron chi connectivity index (χ1n) is 5.02. The van der Waals surface area contributed by atoms with Crippen LogP contribution in [0.15, 0.2) is 0 Å². The number of methoxy groups -OCH3 is 1. The third kappa shape index (κ3) is 2.12. The topological polar surface area (TPSA) is 58.6 Å². The maximum Gasteiger partial charge on any atom is 0.246 e. The Labute approximate surface area is 89.8 Å². The fraction of sp³-hybridized carbons (Fsp3) is 0.800. The Morgan fingerprint density at radius 1 is 1.47 bits per heavy atom. The SMILES string of the molecule is COCCN1C(=O)C(C)NC(=O)C1(C)C. The van der Waals surface area contributed by atoms with Gasteiger partial charge in [-0.05, 0) is 20.8 Å². The summed E-state index contributed by atoms with van der Waals surface area (Å²) in [4.78, 5) is 25.1. The summed E-state index contributed by atoms with van der Waals surface area (Å²) in [7, 11) is 1.57. The van der Waals surface area contributed by atoms with Crippen LogP contribution in [0.2, 0.25) is 0 Å². The Bertz CT molecular complexity index is 276. The van der Waals surface area contributed by atoms with Gasteiger partial charge in [0.2, 0.25) is 11.8 Å². The zero-order valence-corrected chi connectivity index (χ0v) is 9.66. The second-order valence-corrected chi connectivity index (χ2v) is 4.24. The summed E-state index contributed by atoms with van der Waals surface area (Å²) in [5, 5.41) is 2.65. The molecule has 2 amide bonds. The molecule has 0 saturated carbocycles. The Morgan fingerprint density at radius 3 is 2.60 bits per heavy atom. The maximum absolute atomic E-state index is 11.8. The minimum atomic E-state index is -0.790. The fourth-order valence-corrected chi connectivity index (χ4v) is 1.64. The van der Waals surface area contributed by atoms with E-state index in [1.807, 2.05) is 0 Å². The third-order valence-electron chi connectivity index (χ3n) is 2.73. The molecule has 5 heteroatoms. The van der Waals surface area contributed by atoms with Crippen molar-refractivity contribution in [2.75, 3.05) is 20.3 Å². The number of nitrogens with one attached hydrogen (secondary N) is 1. The van der Waals surface area contributed by atoms with Gasteiger partial charge in [0.25, 0.3) is 0 Å². The molecule has 86 valence electrons. The number of rotatable bonds is 3. The molecule has 0 aliphatic carbocycles. The van der Waals surface area contributed by atoms with Crippen LogP contribution < -0.4 is 5.32 Å². The Hall–Kier alpha value is -1.10. The largest absolute Gasteiger partial charge is 0.383 e. The van der Waals surface area contributed by atoms with Gasteiger partial charge in [0.15, 0.2) is 0 Å². The predicted octanol–water partition coefficient (Wildman–Crippen LogP) is -0.242. The summed E-state index contributed by atoms with van der Waals surface area (Å²) in [5.41, 5.74) is -0.790. The van der Waals surface area contributed by atoms with Crippen molar-refractivity contribution in [3.63, 3.8) is 0 Å². The van der Waals surface area contributed by atoms with E-state index in [-0.39, 0.29) is 11.8 Å². The van der Waals surface area contributed by atoms with E-state index in [2.05, 4.69) is 5.32 Å². The highest BCUT2D eigenvalue weighted by Crippen LogP contribution is 2.20. The summed E-state index contributed by atoms with van der Waals surface area (Å²) >= 11 is 0. The van der Waals surface area contributed by atoms with E-state index in [1.54, 1.807) is 32.8 Å². The van der Waals surface area contributed by atoms with Gasteiger partial charge in [-0.1, -0.05) is 0 Å². The molecule has 1 N–H and O–H groups in total. The summed E-state index contributed by atoms with van der Waals surface area (Å²) in [6.07, 6.45) is 0. The van der Waals surface area contributed by atoms with Gasteiger partial charge >= 0.3 is 0 Å². The summed E-state index contributed by atoms with van der Waals surface area (Å²) in [6, 6.07) is -0.442. The van der Waals surface area contributed by atoms with Crippen LogP contribution in [0.25, 0.3) is 0 Å². The molecule has 1 heterocycles. The number of nitrogens with zero attached hydrogens (tertiary/aromatic N) is 1. The molecule has 0 aromatic rings. The summed E-state index contributed by atoms with van der Waals surface area (Å²) < 4.78 is 4.93. The minimum absolute atomic E-state index is 0.0587. The van der Waals surface area contributed by atoms with Crippen molar-refractivity contribution in [2.45, 2.75) is 32.4 Å². The zero-order chi connectivity index (χ0) is 11.6. The first-order valence-corrected chi connectivity index (χ1v) is 5.02. The molecule has 1 aliphatic rings. The zero-order valence-electron chi connectivity index (χ0n) is 9.66. The molecule has 1 fully saturated rings. The lowest BCUT2D eigenvalue weighted by Crippen LogP contribution is -2.68. The number of carbonyl (C=O) groups excluding carboxylic acids is 2. The van der Waals surface area contributed by atoms with E-state index < -0.39 is 11.6 Å². The first-order chi connectivity index (χ1) is 6.91. The molecular formula is C10H18N2O3. The van der Waals surface area contributed by atoms with Gasteiger partial charge in [-0.15, -0.1) is 0 Å². The Balaban J connectivity index is 2.85. The van der Waals surface area contributed by atoms with Crippen LogP contribution in [0.5, 0.6) is 0 Å². The quantitative estimate of drug-likeness (QED) is 0.705. The van der Waals surface area contributed by atoms with Gasteiger partial charge < -0.3 is 15.0 Å². The van der Waals surface area contributed by atoms with Crippen molar-refractivity contribution in [1.29, 1.82) is 0 Å². The predicted molar refractivity (Wildman–Crippen MR) is 55.3 cm³/mol. The second-order valence-electron chi connectivity index (χ2n) is 4.24. The highest BCUT2D eigenvalue weighted by molar-refractivity contribution is 5.99. The molecule has 5 nitrogen and oxygen atoms in total. The van der Waals surface area contributed by atoms with E-state index in [0.29, 0.717) is 13.2 Å². The highest BCUT2D eigenvalue weighted by Gasteiger charge is 2.44. The molecule has 1 unspecified atom stereocenters. The van der Waals surface area contributed by atoms with Crippen molar-refractivity contribution < 1.29 is 14.3 Å². The lowest BCUT2D eigenvalue weighted by molar-refractivity contribution is -0.155. The van der Waals surface area contributed by atoms with E-state index in [4.69, 9.17) is 4.74 Å². The fourth-order valence-electron chi connectivity index (χ4n) is 1.64. The molecule has 0 radical (unpaired) electrons. The van der Waals surface area contributed by atoms with Crippen LogP contribution in [0.1, 0.15) is 20.8 Å². The van der Waals surface area contributed by atoms with Crippen LogP contribution in [0.3, 0.4) is 0 Å². The number of ether oxygens (including phenoxy) is 1. The molecular weight excluding hydrogens is 196 g/mol. The van der Waals surface area contributed by atoms with Crippen LogP contribution in [-0.2, 0) is 14.3 Å². The van der Waals surface area contributed by atoms with Crippen LogP contribution in [0.4, 0.5) is 0 Å². The summed E-state index contributed by atoms with van der Waals surface area (Å²) in [6.45, 7) is 6.05. The summed E-state index contributed by atoms with van der Waals surface area (Å²) in [5.74, 6) is -0.178. The number of hydrogen-bond donors (Lipinski definition) is 1. The third-order valence-corrected chi connectivity index (χ3v) is 2.73. The van der Waals surface area contributed by atoms with Gasteiger partial charge in [-0.25, -0.2) is 0 Å². The molecule has 1 saturated heterocycles. The molecule has 1 aliphatic heterocycles. The molecule has 1 atom stereocenters. The first kappa shape index (κ1) is 12.0. The smallest absolute Gasteiger partial charge is 0.246 e. The van der Waals surface area contributed by atoms with Crippen LogP contribution >= 0.6 is 0 Å². The number of piperazine rings is 1. The van der Waals surface area contributed by atoms with Crippen molar-refractivity contribution in [3.8, 4) is 0 Å². The highest BCUT2D eigenvalue weighted by atomic mass is 16.5. The Kier molecular flexibility index (Phi) is 3.34. The van der Waals surface area contributed by atoms with Crippen molar-refractivity contribution in [3.05, 3.63) is 0 Å². The Morgan fingerprint density at radius 2 is 2.07 bits per heavy atom. The van der Waals surface area contributed by atoms with Crippen LogP contribution in [0, 0.1) is 0 Å². The normalized spacial score (nSPS) is 25.3. The molecule has 0 bridgehead atoms. The molecule has 0 aromatic carbocycles. The van der Waals surface area contributed by atoms with Crippen molar-refractivity contribution >= 4 is 11.8 Å². The van der Waals surface area contributed by atoms with E-state index >= 15 is 0 Å². The van der Waals surface area contributed by atoms with Crippen molar-refractivity contribution in [2.24, 2.45) is 0 Å². The van der Waals surface area contributed by atoms with Crippen LogP contribution in [-0.4, -0.2) is 48.6 Å².